The Morgan fingerprint density at radius 3 is 2.68 bits per heavy atom. The number of benzene rings is 1. The second kappa shape index (κ2) is 6.42. The zero-order valence-corrected chi connectivity index (χ0v) is 12.9. The van der Waals surface area contributed by atoms with Gasteiger partial charge in [-0.3, -0.25) is 0 Å². The number of ether oxygens (including phenoxy) is 1. The van der Waals surface area contributed by atoms with Gasteiger partial charge in [0.25, 0.3) is 0 Å². The maximum atomic E-state index is 6.07. The minimum absolute atomic E-state index is 0.177. The third-order valence-electron chi connectivity index (χ3n) is 3.11. The topological polar surface area (TPSA) is 21.3 Å². The van der Waals surface area contributed by atoms with Crippen LogP contribution in [0.15, 0.2) is 30.3 Å². The van der Waals surface area contributed by atoms with Crippen molar-refractivity contribution in [1.29, 1.82) is 0 Å². The lowest BCUT2D eigenvalue weighted by Gasteiger charge is -2.16. The lowest BCUT2D eigenvalue weighted by Crippen LogP contribution is -2.16. The van der Waals surface area contributed by atoms with E-state index in [0.717, 1.165) is 12.0 Å². The molecule has 2 nitrogen and oxygen atoms in total. The van der Waals surface area contributed by atoms with Gasteiger partial charge in [0.15, 0.2) is 0 Å². The van der Waals surface area contributed by atoms with Crippen LogP contribution in [-0.2, 0) is 6.42 Å². The molecule has 0 aliphatic carbocycles. The Morgan fingerprint density at radius 1 is 1.32 bits per heavy atom. The molecule has 1 N–H and O–H groups in total. The van der Waals surface area contributed by atoms with Gasteiger partial charge in [0, 0.05) is 9.75 Å². The molecule has 0 amide bonds. The number of hydrogen-bond acceptors (Lipinski definition) is 3. The molecule has 1 aromatic heterocycles. The van der Waals surface area contributed by atoms with Crippen LogP contribution in [0.1, 0.15) is 28.3 Å². The van der Waals surface area contributed by atoms with E-state index in [9.17, 15) is 0 Å². The molecule has 0 bridgehead atoms. The quantitative estimate of drug-likeness (QED) is 0.889. The fourth-order valence-corrected chi connectivity index (χ4v) is 3.35. The van der Waals surface area contributed by atoms with Crippen LogP contribution in [0.2, 0.25) is 5.02 Å². The summed E-state index contributed by atoms with van der Waals surface area (Å²) in [6.07, 6.45) is 1.07. The van der Waals surface area contributed by atoms with Crippen molar-refractivity contribution in [2.75, 3.05) is 14.2 Å². The van der Waals surface area contributed by atoms with Gasteiger partial charge in [-0.25, -0.2) is 0 Å². The van der Waals surface area contributed by atoms with Crippen LogP contribution in [0.4, 0.5) is 0 Å². The maximum Gasteiger partial charge on any atom is 0.137 e. The highest BCUT2D eigenvalue weighted by Gasteiger charge is 2.15. The Balaban J connectivity index is 2.36. The van der Waals surface area contributed by atoms with E-state index in [1.54, 1.807) is 7.11 Å². The van der Waals surface area contributed by atoms with Gasteiger partial charge in [-0.05, 0) is 43.3 Å². The Labute approximate surface area is 123 Å². The summed E-state index contributed by atoms with van der Waals surface area (Å²) >= 11 is 7.92. The average Bonchev–Trinajstić information content (AvgIpc) is 2.90. The number of aryl methyl sites for hydroxylation is 1. The van der Waals surface area contributed by atoms with E-state index in [4.69, 9.17) is 16.3 Å². The standard InChI is InChI=1S/C15H18ClNOS/c1-4-11-6-8-14(19-11)15(17-2)10-5-7-12(16)13(9-10)18-3/h5-9,15,17H,4H2,1-3H3. The Kier molecular flexibility index (Phi) is 4.86. The Bertz CT molecular complexity index is 553. The molecule has 4 heteroatoms. The SMILES string of the molecule is CCc1ccc(C(NC)c2ccc(Cl)c(OC)c2)s1. The zero-order chi connectivity index (χ0) is 13.8. The maximum absolute atomic E-state index is 6.07. The van der Waals surface area contributed by atoms with Gasteiger partial charge in [0.1, 0.15) is 5.75 Å². The van der Waals surface area contributed by atoms with Gasteiger partial charge in [-0.1, -0.05) is 24.6 Å². The van der Waals surface area contributed by atoms with Crippen molar-refractivity contribution in [3.05, 3.63) is 50.7 Å². The summed E-state index contributed by atoms with van der Waals surface area (Å²) in [7, 11) is 3.61. The lowest BCUT2D eigenvalue weighted by atomic mass is 10.1. The fourth-order valence-electron chi connectivity index (χ4n) is 2.07. The smallest absolute Gasteiger partial charge is 0.137 e. The molecule has 0 saturated heterocycles. The Morgan fingerprint density at radius 2 is 2.11 bits per heavy atom. The van der Waals surface area contributed by atoms with Gasteiger partial charge in [-0.2, -0.15) is 0 Å². The lowest BCUT2D eigenvalue weighted by molar-refractivity contribution is 0.414. The highest BCUT2D eigenvalue weighted by atomic mass is 35.5. The molecule has 0 aliphatic heterocycles. The first-order valence-corrected chi connectivity index (χ1v) is 7.48. The van der Waals surface area contributed by atoms with Crippen molar-refractivity contribution >= 4 is 22.9 Å². The van der Waals surface area contributed by atoms with E-state index in [-0.39, 0.29) is 6.04 Å². The van der Waals surface area contributed by atoms with Crippen LogP contribution >= 0.6 is 22.9 Å². The van der Waals surface area contributed by atoms with Gasteiger partial charge in [-0.15, -0.1) is 11.3 Å². The van der Waals surface area contributed by atoms with Crippen LogP contribution < -0.4 is 10.1 Å². The van der Waals surface area contributed by atoms with Crippen molar-refractivity contribution in [1.82, 2.24) is 5.32 Å². The van der Waals surface area contributed by atoms with Gasteiger partial charge >= 0.3 is 0 Å². The summed E-state index contributed by atoms with van der Waals surface area (Å²) in [5.74, 6) is 0.715. The van der Waals surface area contributed by atoms with E-state index in [0.29, 0.717) is 10.8 Å². The molecule has 0 radical (unpaired) electrons. The van der Waals surface area contributed by atoms with Crippen molar-refractivity contribution in [2.24, 2.45) is 0 Å². The predicted octanol–water partition coefficient (Wildman–Crippen LogP) is 4.28. The molecule has 19 heavy (non-hydrogen) atoms. The molecule has 2 rings (SSSR count). The van der Waals surface area contributed by atoms with E-state index < -0.39 is 0 Å². The van der Waals surface area contributed by atoms with Crippen molar-refractivity contribution in [3.8, 4) is 5.75 Å². The zero-order valence-electron chi connectivity index (χ0n) is 11.4. The molecule has 0 spiro atoms. The normalized spacial score (nSPS) is 12.4. The van der Waals surface area contributed by atoms with Crippen molar-refractivity contribution in [2.45, 2.75) is 19.4 Å². The van der Waals surface area contributed by atoms with E-state index in [1.165, 1.54) is 9.75 Å². The predicted molar refractivity (Wildman–Crippen MR) is 82.6 cm³/mol. The number of halogens is 1. The monoisotopic (exact) mass is 295 g/mol. The van der Waals surface area contributed by atoms with Crippen LogP contribution in [0.5, 0.6) is 5.75 Å². The second-order valence-corrected chi connectivity index (χ2v) is 5.88. The highest BCUT2D eigenvalue weighted by Crippen LogP contribution is 2.33. The number of nitrogens with one attached hydrogen (secondary N) is 1. The number of hydrogen-bond donors (Lipinski definition) is 1. The van der Waals surface area contributed by atoms with E-state index in [2.05, 4.69) is 24.4 Å². The first-order chi connectivity index (χ1) is 9.19. The third-order valence-corrected chi connectivity index (χ3v) is 4.72. The molecular formula is C15H18ClNOS. The molecule has 1 aromatic carbocycles. The van der Waals surface area contributed by atoms with Crippen LogP contribution in [0.25, 0.3) is 0 Å². The minimum Gasteiger partial charge on any atom is -0.495 e. The first kappa shape index (κ1) is 14.4. The van der Waals surface area contributed by atoms with Gasteiger partial charge in [0.05, 0.1) is 18.2 Å². The third kappa shape index (κ3) is 3.11. The van der Waals surface area contributed by atoms with Crippen molar-refractivity contribution in [3.63, 3.8) is 0 Å². The number of methoxy groups -OCH3 is 1. The number of rotatable bonds is 5. The first-order valence-electron chi connectivity index (χ1n) is 6.29. The summed E-state index contributed by atoms with van der Waals surface area (Å²) in [6, 6.07) is 10.5. The molecule has 1 atom stereocenters. The molecule has 2 aromatic rings. The minimum atomic E-state index is 0.177. The van der Waals surface area contributed by atoms with Gasteiger partial charge in [0.2, 0.25) is 0 Å². The molecule has 102 valence electrons. The average molecular weight is 296 g/mol. The molecule has 0 saturated carbocycles. The molecule has 0 fully saturated rings. The summed E-state index contributed by atoms with van der Waals surface area (Å²) < 4.78 is 5.29. The summed E-state index contributed by atoms with van der Waals surface area (Å²) in [6.45, 7) is 2.18. The van der Waals surface area contributed by atoms with Crippen LogP contribution in [0, 0.1) is 0 Å². The molecule has 1 heterocycles. The fraction of sp³-hybridized carbons (Fsp3) is 0.333. The Hall–Kier alpha value is -1.03. The summed E-state index contributed by atoms with van der Waals surface area (Å²) in [4.78, 5) is 2.71. The summed E-state index contributed by atoms with van der Waals surface area (Å²) in [5, 5.41) is 3.99. The number of thiophene rings is 1. The largest absolute Gasteiger partial charge is 0.495 e. The highest BCUT2D eigenvalue weighted by molar-refractivity contribution is 7.12. The van der Waals surface area contributed by atoms with Gasteiger partial charge < -0.3 is 10.1 Å². The molecular weight excluding hydrogens is 278 g/mol. The summed E-state index contributed by atoms with van der Waals surface area (Å²) in [5.41, 5.74) is 1.16. The van der Waals surface area contributed by atoms with Crippen molar-refractivity contribution < 1.29 is 4.74 Å². The molecule has 0 aliphatic rings. The van der Waals surface area contributed by atoms with E-state index in [1.807, 2.05) is 36.6 Å². The van der Waals surface area contributed by atoms with E-state index >= 15 is 0 Å². The van der Waals surface area contributed by atoms with Crippen LogP contribution in [0.3, 0.4) is 0 Å². The molecule has 1 unspecified atom stereocenters. The van der Waals surface area contributed by atoms with Crippen LogP contribution in [-0.4, -0.2) is 14.2 Å². The second-order valence-electron chi connectivity index (χ2n) is 4.27.